The molecule has 110 valence electrons. The van der Waals surface area contributed by atoms with Crippen molar-refractivity contribution in [2.75, 3.05) is 14.2 Å². The lowest BCUT2D eigenvalue weighted by Crippen LogP contribution is -2.06. The fourth-order valence-corrected chi connectivity index (χ4v) is 1.90. The molecule has 0 amide bonds. The molecule has 0 atom stereocenters. The summed E-state index contributed by atoms with van der Waals surface area (Å²) in [4.78, 5) is 0. The van der Waals surface area contributed by atoms with E-state index in [-0.39, 0.29) is 0 Å². The van der Waals surface area contributed by atoms with E-state index < -0.39 is 0 Å². The topological polar surface area (TPSA) is 42.8 Å². The maximum absolute atomic E-state index is 5.27. The lowest BCUT2D eigenvalue weighted by molar-refractivity contribution is 0.354. The molecule has 0 heterocycles. The Hall–Kier alpha value is -2.49. The third kappa shape index (κ3) is 4.24. The average Bonchev–Trinajstić information content (AvgIpc) is 2.53. The third-order valence-electron chi connectivity index (χ3n) is 3.11. The van der Waals surface area contributed by atoms with Crippen molar-refractivity contribution in [1.82, 2.24) is 5.43 Å². The minimum atomic E-state index is 0.628. The van der Waals surface area contributed by atoms with Gasteiger partial charge in [0.25, 0.3) is 0 Å². The zero-order chi connectivity index (χ0) is 15.1. The molecule has 0 aliphatic rings. The molecule has 4 heteroatoms. The Kier molecular flexibility index (Phi) is 5.21. The Labute approximate surface area is 125 Å². The van der Waals surface area contributed by atoms with Crippen LogP contribution in [0.2, 0.25) is 0 Å². The Bertz CT molecular complexity index is 607. The van der Waals surface area contributed by atoms with Crippen LogP contribution in [0.25, 0.3) is 0 Å². The smallest absolute Gasteiger partial charge is 0.161 e. The normalized spacial score (nSPS) is 10.6. The van der Waals surface area contributed by atoms with Crippen molar-refractivity contribution in [3.8, 4) is 11.5 Å². The second-order valence-corrected chi connectivity index (χ2v) is 4.69. The van der Waals surface area contributed by atoms with Gasteiger partial charge in [0.2, 0.25) is 0 Å². The van der Waals surface area contributed by atoms with E-state index in [4.69, 9.17) is 9.47 Å². The maximum atomic E-state index is 5.27. The van der Waals surface area contributed by atoms with E-state index in [1.54, 1.807) is 20.4 Å². The molecule has 0 unspecified atom stereocenters. The lowest BCUT2D eigenvalue weighted by Gasteiger charge is -2.09. The molecular weight excluding hydrogens is 264 g/mol. The van der Waals surface area contributed by atoms with Crippen LogP contribution in [-0.2, 0) is 6.54 Å². The maximum Gasteiger partial charge on any atom is 0.161 e. The number of nitrogens with one attached hydrogen (secondary N) is 1. The van der Waals surface area contributed by atoms with Gasteiger partial charge in [-0.3, -0.25) is 0 Å². The number of aryl methyl sites for hydroxylation is 1. The molecule has 0 aliphatic carbocycles. The zero-order valence-corrected chi connectivity index (χ0v) is 12.6. The quantitative estimate of drug-likeness (QED) is 0.654. The number of benzene rings is 2. The number of nitrogens with zero attached hydrogens (tertiary/aromatic N) is 1. The first-order valence-electron chi connectivity index (χ1n) is 6.76. The highest BCUT2D eigenvalue weighted by atomic mass is 16.5. The molecule has 0 spiro atoms. The Morgan fingerprint density at radius 1 is 1.00 bits per heavy atom. The number of hydrogen-bond acceptors (Lipinski definition) is 4. The van der Waals surface area contributed by atoms with Crippen LogP contribution in [0.5, 0.6) is 11.5 Å². The van der Waals surface area contributed by atoms with E-state index in [0.717, 1.165) is 22.6 Å². The third-order valence-corrected chi connectivity index (χ3v) is 3.11. The van der Waals surface area contributed by atoms with Crippen molar-refractivity contribution in [2.45, 2.75) is 13.5 Å². The molecule has 0 saturated heterocycles. The molecule has 0 saturated carbocycles. The van der Waals surface area contributed by atoms with Crippen molar-refractivity contribution >= 4 is 6.21 Å². The summed E-state index contributed by atoms with van der Waals surface area (Å²) >= 11 is 0. The van der Waals surface area contributed by atoms with Gasteiger partial charge in [-0.15, -0.1) is 0 Å². The van der Waals surface area contributed by atoms with Gasteiger partial charge in [-0.1, -0.05) is 35.9 Å². The van der Waals surface area contributed by atoms with Gasteiger partial charge in [0, 0.05) is 0 Å². The van der Waals surface area contributed by atoms with Gasteiger partial charge in [-0.25, -0.2) is 0 Å². The van der Waals surface area contributed by atoms with Gasteiger partial charge in [0.05, 0.1) is 27.0 Å². The van der Waals surface area contributed by atoms with Crippen LogP contribution >= 0.6 is 0 Å². The SMILES string of the molecule is COc1ccc(CN/N=C\c2ccc(C)cc2)cc1OC. The Balaban J connectivity index is 1.92. The van der Waals surface area contributed by atoms with E-state index >= 15 is 0 Å². The predicted molar refractivity (Wildman–Crippen MR) is 85.2 cm³/mol. The standard InChI is InChI=1S/C17H20N2O2/c1-13-4-6-14(7-5-13)11-18-19-12-15-8-9-16(20-2)17(10-15)21-3/h4-11,19H,12H2,1-3H3/b18-11-. The van der Waals surface area contributed by atoms with Gasteiger partial charge in [-0.2, -0.15) is 5.10 Å². The van der Waals surface area contributed by atoms with Crippen molar-refractivity contribution in [3.63, 3.8) is 0 Å². The number of hydrazone groups is 1. The molecule has 21 heavy (non-hydrogen) atoms. The second kappa shape index (κ2) is 7.33. The van der Waals surface area contributed by atoms with E-state index in [9.17, 15) is 0 Å². The highest BCUT2D eigenvalue weighted by Gasteiger charge is 2.03. The predicted octanol–water partition coefficient (Wildman–Crippen LogP) is 3.14. The van der Waals surface area contributed by atoms with Crippen molar-refractivity contribution < 1.29 is 9.47 Å². The van der Waals surface area contributed by atoms with Crippen LogP contribution in [0.4, 0.5) is 0 Å². The largest absolute Gasteiger partial charge is 0.493 e. The molecule has 0 aliphatic heterocycles. The molecule has 0 radical (unpaired) electrons. The molecule has 0 bridgehead atoms. The molecule has 1 N–H and O–H groups in total. The first-order chi connectivity index (χ1) is 10.2. The molecule has 0 aromatic heterocycles. The summed E-state index contributed by atoms with van der Waals surface area (Å²) in [5.74, 6) is 1.45. The van der Waals surface area contributed by atoms with Crippen molar-refractivity contribution in [1.29, 1.82) is 0 Å². The molecule has 0 fully saturated rings. The number of hydrogen-bond donors (Lipinski definition) is 1. The lowest BCUT2D eigenvalue weighted by atomic mass is 10.2. The molecule has 2 aromatic rings. The van der Waals surface area contributed by atoms with Crippen LogP contribution in [0.1, 0.15) is 16.7 Å². The minimum Gasteiger partial charge on any atom is -0.493 e. The zero-order valence-electron chi connectivity index (χ0n) is 12.6. The summed E-state index contributed by atoms with van der Waals surface area (Å²) in [7, 11) is 3.26. The van der Waals surface area contributed by atoms with Gasteiger partial charge in [0.15, 0.2) is 11.5 Å². The fraction of sp³-hybridized carbons (Fsp3) is 0.235. The first-order valence-corrected chi connectivity index (χ1v) is 6.76. The molecular formula is C17H20N2O2. The summed E-state index contributed by atoms with van der Waals surface area (Å²) in [6, 6.07) is 14.0. The molecule has 2 rings (SSSR count). The molecule has 2 aromatic carbocycles. The summed E-state index contributed by atoms with van der Waals surface area (Å²) in [6.07, 6.45) is 1.81. The number of ether oxygens (including phenoxy) is 2. The summed E-state index contributed by atoms with van der Waals surface area (Å²) in [6.45, 7) is 2.69. The van der Waals surface area contributed by atoms with Crippen LogP contribution in [0.15, 0.2) is 47.6 Å². The number of rotatable bonds is 6. The van der Waals surface area contributed by atoms with Gasteiger partial charge < -0.3 is 14.9 Å². The summed E-state index contributed by atoms with van der Waals surface area (Å²) < 4.78 is 10.5. The highest BCUT2D eigenvalue weighted by Crippen LogP contribution is 2.27. The van der Waals surface area contributed by atoms with Gasteiger partial charge in [-0.05, 0) is 30.2 Å². The van der Waals surface area contributed by atoms with E-state index in [1.165, 1.54) is 5.56 Å². The summed E-state index contributed by atoms with van der Waals surface area (Å²) in [5, 5.41) is 4.22. The Morgan fingerprint density at radius 2 is 1.71 bits per heavy atom. The summed E-state index contributed by atoms with van der Waals surface area (Å²) in [5.41, 5.74) is 6.42. The van der Waals surface area contributed by atoms with E-state index in [2.05, 4.69) is 29.6 Å². The van der Waals surface area contributed by atoms with E-state index in [0.29, 0.717) is 6.54 Å². The first kappa shape index (κ1) is 14.9. The van der Waals surface area contributed by atoms with Crippen LogP contribution in [0.3, 0.4) is 0 Å². The average molecular weight is 284 g/mol. The molecule has 4 nitrogen and oxygen atoms in total. The van der Waals surface area contributed by atoms with Crippen LogP contribution in [0, 0.1) is 6.92 Å². The van der Waals surface area contributed by atoms with Crippen molar-refractivity contribution in [2.24, 2.45) is 5.10 Å². The second-order valence-electron chi connectivity index (χ2n) is 4.69. The fourth-order valence-electron chi connectivity index (χ4n) is 1.90. The monoisotopic (exact) mass is 284 g/mol. The minimum absolute atomic E-state index is 0.628. The van der Waals surface area contributed by atoms with Gasteiger partial charge >= 0.3 is 0 Å². The van der Waals surface area contributed by atoms with E-state index in [1.807, 2.05) is 30.3 Å². The number of methoxy groups -OCH3 is 2. The van der Waals surface area contributed by atoms with Crippen LogP contribution < -0.4 is 14.9 Å². The van der Waals surface area contributed by atoms with Crippen LogP contribution in [-0.4, -0.2) is 20.4 Å². The highest BCUT2D eigenvalue weighted by molar-refractivity contribution is 5.79. The van der Waals surface area contributed by atoms with Crippen molar-refractivity contribution in [3.05, 3.63) is 59.2 Å². The van der Waals surface area contributed by atoms with Gasteiger partial charge in [0.1, 0.15) is 0 Å². The Morgan fingerprint density at radius 3 is 2.38 bits per heavy atom.